The highest BCUT2D eigenvalue weighted by atomic mass is 32.2. The SMILES string of the molecule is C#Cc1cccc(NC(=O)CSc2nc3c(c(/C=C\c4ccccc4)c2C#N)CCC3)c1. The van der Waals surface area contributed by atoms with Crippen molar-refractivity contribution in [3.63, 3.8) is 0 Å². The van der Waals surface area contributed by atoms with Gasteiger partial charge in [0.25, 0.3) is 0 Å². The summed E-state index contributed by atoms with van der Waals surface area (Å²) in [5, 5.41) is 13.4. The van der Waals surface area contributed by atoms with E-state index in [1.54, 1.807) is 18.2 Å². The molecule has 4 rings (SSSR count). The highest BCUT2D eigenvalue weighted by Crippen LogP contribution is 2.33. The maximum atomic E-state index is 12.5. The fourth-order valence-corrected chi connectivity index (χ4v) is 4.56. The summed E-state index contributed by atoms with van der Waals surface area (Å²) in [4.78, 5) is 17.3. The number of aromatic nitrogens is 1. The number of pyridine rings is 1. The molecule has 32 heavy (non-hydrogen) atoms. The van der Waals surface area contributed by atoms with Crippen LogP contribution in [-0.4, -0.2) is 16.6 Å². The predicted octanol–water partition coefficient (Wildman–Crippen LogP) is 5.32. The zero-order chi connectivity index (χ0) is 22.3. The number of aryl methyl sites for hydroxylation is 1. The van der Waals surface area contributed by atoms with Crippen LogP contribution in [0.25, 0.3) is 12.2 Å². The first-order valence-electron chi connectivity index (χ1n) is 10.4. The molecule has 0 saturated heterocycles. The van der Waals surface area contributed by atoms with E-state index in [1.165, 1.54) is 11.8 Å². The van der Waals surface area contributed by atoms with Crippen molar-refractivity contribution in [2.45, 2.75) is 24.3 Å². The summed E-state index contributed by atoms with van der Waals surface area (Å²) in [6.07, 6.45) is 12.3. The van der Waals surface area contributed by atoms with Crippen molar-refractivity contribution in [1.82, 2.24) is 4.98 Å². The number of hydrogen-bond acceptors (Lipinski definition) is 4. The van der Waals surface area contributed by atoms with Crippen molar-refractivity contribution in [2.24, 2.45) is 0 Å². The standard InChI is InChI=1S/C27H21N3OS/c1-2-19-10-6-11-21(16-19)29-26(31)18-32-27-24(17-28)22(23-12-7-13-25(23)30-27)15-14-20-8-4-3-5-9-20/h1,3-6,8-11,14-16H,7,12-13,18H2,(H,29,31)/b15-14-. The molecule has 1 N–H and O–H groups in total. The van der Waals surface area contributed by atoms with Gasteiger partial charge in [0, 0.05) is 16.9 Å². The lowest BCUT2D eigenvalue weighted by Crippen LogP contribution is -2.14. The molecular weight excluding hydrogens is 414 g/mol. The summed E-state index contributed by atoms with van der Waals surface area (Å²) in [6.45, 7) is 0. The summed E-state index contributed by atoms with van der Waals surface area (Å²) in [7, 11) is 0. The molecule has 0 bridgehead atoms. The fraction of sp³-hybridized carbons (Fsp3) is 0.148. The van der Waals surface area contributed by atoms with Crippen molar-refractivity contribution in [1.29, 1.82) is 5.26 Å². The molecule has 0 saturated carbocycles. The maximum absolute atomic E-state index is 12.5. The lowest BCUT2D eigenvalue weighted by Gasteiger charge is -2.12. The van der Waals surface area contributed by atoms with Crippen LogP contribution in [0.3, 0.4) is 0 Å². The zero-order valence-electron chi connectivity index (χ0n) is 17.5. The second-order valence-corrected chi connectivity index (χ2v) is 8.37. The molecule has 3 aromatic rings. The van der Waals surface area contributed by atoms with E-state index in [0.717, 1.165) is 41.6 Å². The quantitative estimate of drug-likeness (QED) is 0.420. The summed E-state index contributed by atoms with van der Waals surface area (Å²) in [5.74, 6) is 2.54. The maximum Gasteiger partial charge on any atom is 0.234 e. The molecule has 1 aromatic heterocycles. The van der Waals surface area contributed by atoms with Crippen LogP contribution in [0.4, 0.5) is 5.69 Å². The molecule has 0 atom stereocenters. The number of fused-ring (bicyclic) bond motifs is 1. The highest BCUT2D eigenvalue weighted by Gasteiger charge is 2.22. The normalized spacial score (nSPS) is 12.2. The molecule has 0 spiro atoms. The molecule has 0 aliphatic heterocycles. The summed E-state index contributed by atoms with van der Waals surface area (Å²) >= 11 is 1.29. The Hall–Kier alpha value is -3.80. The van der Waals surface area contributed by atoms with E-state index in [2.05, 4.69) is 17.3 Å². The van der Waals surface area contributed by atoms with Gasteiger partial charge in [-0.25, -0.2) is 4.98 Å². The molecular formula is C27H21N3OS. The molecule has 2 aromatic carbocycles. The molecule has 1 heterocycles. The molecule has 4 nitrogen and oxygen atoms in total. The Morgan fingerprint density at radius 2 is 2.00 bits per heavy atom. The van der Waals surface area contributed by atoms with Crippen LogP contribution in [0.5, 0.6) is 0 Å². The molecule has 0 unspecified atom stereocenters. The Morgan fingerprint density at radius 1 is 1.16 bits per heavy atom. The third-order valence-corrected chi connectivity index (χ3v) is 6.22. The van der Waals surface area contributed by atoms with E-state index in [9.17, 15) is 10.1 Å². The minimum atomic E-state index is -0.170. The summed E-state index contributed by atoms with van der Waals surface area (Å²) in [5.41, 5.74) is 6.06. The number of thioether (sulfide) groups is 1. The van der Waals surface area contributed by atoms with E-state index in [4.69, 9.17) is 11.4 Å². The van der Waals surface area contributed by atoms with Gasteiger partial charge >= 0.3 is 0 Å². The zero-order valence-corrected chi connectivity index (χ0v) is 18.3. The average Bonchev–Trinajstić information content (AvgIpc) is 3.30. The van der Waals surface area contributed by atoms with Gasteiger partial charge in [-0.05, 0) is 54.2 Å². The summed E-state index contributed by atoms with van der Waals surface area (Å²) in [6, 6.07) is 19.5. The van der Waals surface area contributed by atoms with Gasteiger partial charge in [-0.3, -0.25) is 4.79 Å². The van der Waals surface area contributed by atoms with Crippen LogP contribution >= 0.6 is 11.8 Å². The third kappa shape index (κ3) is 4.91. The van der Waals surface area contributed by atoms with Crippen molar-refractivity contribution in [3.8, 4) is 18.4 Å². The number of nitrogens with one attached hydrogen (secondary N) is 1. The molecule has 0 fully saturated rings. The van der Waals surface area contributed by atoms with Crippen LogP contribution in [-0.2, 0) is 17.6 Å². The first-order valence-corrected chi connectivity index (χ1v) is 11.3. The second-order valence-electron chi connectivity index (χ2n) is 7.40. The topological polar surface area (TPSA) is 65.8 Å². The van der Waals surface area contributed by atoms with E-state index in [0.29, 0.717) is 21.8 Å². The first-order chi connectivity index (χ1) is 15.7. The second kappa shape index (κ2) is 10.0. The Morgan fingerprint density at radius 3 is 2.78 bits per heavy atom. The van der Waals surface area contributed by atoms with Gasteiger partial charge in [0.05, 0.1) is 11.3 Å². The Balaban J connectivity index is 1.56. The fourth-order valence-electron chi connectivity index (χ4n) is 3.74. The molecule has 0 radical (unpaired) electrons. The van der Waals surface area contributed by atoms with Crippen molar-refractivity contribution >= 4 is 35.5 Å². The molecule has 1 aliphatic rings. The number of benzene rings is 2. The molecule has 156 valence electrons. The number of rotatable bonds is 6. The molecule has 5 heteroatoms. The van der Waals surface area contributed by atoms with E-state index < -0.39 is 0 Å². The van der Waals surface area contributed by atoms with Gasteiger partial charge in [0.15, 0.2) is 0 Å². The van der Waals surface area contributed by atoms with Gasteiger partial charge in [-0.1, -0.05) is 66.2 Å². The number of anilines is 1. The number of nitriles is 1. The van der Waals surface area contributed by atoms with Crippen LogP contribution < -0.4 is 5.32 Å². The monoisotopic (exact) mass is 435 g/mol. The van der Waals surface area contributed by atoms with Crippen molar-refractivity contribution in [2.75, 3.05) is 11.1 Å². The summed E-state index contributed by atoms with van der Waals surface area (Å²) < 4.78 is 0. The number of hydrogen-bond donors (Lipinski definition) is 1. The first kappa shape index (κ1) is 21.4. The van der Waals surface area contributed by atoms with Gasteiger partial charge in [-0.2, -0.15) is 5.26 Å². The van der Waals surface area contributed by atoms with Crippen LogP contribution in [0.2, 0.25) is 0 Å². The van der Waals surface area contributed by atoms with Crippen molar-refractivity contribution in [3.05, 3.63) is 88.1 Å². The lowest BCUT2D eigenvalue weighted by molar-refractivity contribution is -0.113. The number of carbonyl (C=O) groups excluding carboxylic acids is 1. The number of carbonyl (C=O) groups is 1. The molecule has 1 aliphatic carbocycles. The Kier molecular flexibility index (Phi) is 6.70. The number of amides is 1. The third-order valence-electron chi connectivity index (χ3n) is 5.24. The van der Waals surface area contributed by atoms with E-state index in [1.807, 2.05) is 48.6 Å². The largest absolute Gasteiger partial charge is 0.325 e. The van der Waals surface area contributed by atoms with E-state index >= 15 is 0 Å². The predicted molar refractivity (Wildman–Crippen MR) is 130 cm³/mol. The van der Waals surface area contributed by atoms with Gasteiger partial charge in [-0.15, -0.1) is 6.42 Å². The van der Waals surface area contributed by atoms with Crippen LogP contribution in [0.1, 0.15) is 39.9 Å². The lowest BCUT2D eigenvalue weighted by atomic mass is 10.0. The minimum absolute atomic E-state index is 0.155. The number of terminal acetylenes is 1. The van der Waals surface area contributed by atoms with Crippen LogP contribution in [0.15, 0.2) is 59.6 Å². The van der Waals surface area contributed by atoms with Crippen LogP contribution in [0, 0.1) is 23.7 Å². The van der Waals surface area contributed by atoms with Gasteiger partial charge in [0.1, 0.15) is 11.1 Å². The molecule has 1 amide bonds. The highest BCUT2D eigenvalue weighted by molar-refractivity contribution is 8.00. The Labute approximate surface area is 192 Å². The number of nitrogens with zero attached hydrogens (tertiary/aromatic N) is 2. The van der Waals surface area contributed by atoms with E-state index in [-0.39, 0.29) is 11.7 Å². The van der Waals surface area contributed by atoms with Gasteiger partial charge < -0.3 is 5.32 Å². The Bertz CT molecular complexity index is 1270. The smallest absolute Gasteiger partial charge is 0.234 e. The average molecular weight is 436 g/mol. The minimum Gasteiger partial charge on any atom is -0.325 e. The van der Waals surface area contributed by atoms with Crippen molar-refractivity contribution < 1.29 is 4.79 Å². The van der Waals surface area contributed by atoms with Gasteiger partial charge in [0.2, 0.25) is 5.91 Å².